The van der Waals surface area contributed by atoms with Gasteiger partial charge in [0, 0.05) is 7.05 Å². The van der Waals surface area contributed by atoms with Gasteiger partial charge in [0.25, 0.3) is 0 Å². The van der Waals surface area contributed by atoms with Gasteiger partial charge in [0.05, 0.1) is 19.0 Å². The number of hydrogen-bond acceptors (Lipinski definition) is 6. The van der Waals surface area contributed by atoms with Gasteiger partial charge in [-0.3, -0.25) is 0 Å². The summed E-state index contributed by atoms with van der Waals surface area (Å²) in [6.07, 6.45) is 3.10. The molecule has 8 nitrogen and oxygen atoms in total. The number of rotatable bonds is 4. The minimum atomic E-state index is -0.115. The summed E-state index contributed by atoms with van der Waals surface area (Å²) in [4.78, 5) is 12.9. The highest BCUT2D eigenvalue weighted by Crippen LogP contribution is 2.27. The topological polar surface area (TPSA) is 83.5 Å². The van der Waals surface area contributed by atoms with Crippen LogP contribution in [0.15, 0.2) is 12.7 Å². The number of hydrogen-bond donors (Lipinski definition) is 0. The van der Waals surface area contributed by atoms with Crippen molar-refractivity contribution in [2.45, 2.75) is 18.8 Å². The van der Waals surface area contributed by atoms with E-state index in [9.17, 15) is 0 Å². The van der Waals surface area contributed by atoms with Crippen LogP contribution in [0.1, 0.15) is 24.6 Å². The molecule has 3 rings (SSSR count). The number of nitrogens with zero attached hydrogens (tertiary/aromatic N) is 7. The van der Waals surface area contributed by atoms with E-state index < -0.39 is 0 Å². The molecule has 0 amide bonds. The fraction of sp³-hybridized carbons (Fsp3) is 0.417. The zero-order chi connectivity index (χ0) is 15.0. The van der Waals surface area contributed by atoms with E-state index in [0.717, 1.165) is 5.82 Å². The van der Waals surface area contributed by atoms with Gasteiger partial charge in [-0.25, -0.2) is 9.97 Å². The van der Waals surface area contributed by atoms with Crippen molar-refractivity contribution in [3.63, 3.8) is 0 Å². The Morgan fingerprint density at radius 2 is 2.19 bits per heavy atom. The van der Waals surface area contributed by atoms with Crippen LogP contribution in [0.5, 0.6) is 5.88 Å². The first-order valence-corrected chi connectivity index (χ1v) is 6.86. The van der Waals surface area contributed by atoms with Crippen LogP contribution in [0.3, 0.4) is 0 Å². The molecule has 0 aromatic carbocycles. The molecule has 0 saturated carbocycles. The molecule has 3 heterocycles. The monoisotopic (exact) mass is 307 g/mol. The molecule has 1 unspecified atom stereocenters. The zero-order valence-electron chi connectivity index (χ0n) is 11.9. The summed E-state index contributed by atoms with van der Waals surface area (Å²) in [5, 5.41) is 8.05. The third-order valence-electron chi connectivity index (χ3n) is 3.34. The van der Waals surface area contributed by atoms with Crippen molar-refractivity contribution in [2.24, 2.45) is 7.05 Å². The van der Waals surface area contributed by atoms with Crippen LogP contribution in [0.2, 0.25) is 0 Å². The van der Waals surface area contributed by atoms with Crippen LogP contribution in [0.4, 0.5) is 0 Å². The predicted octanol–water partition coefficient (Wildman–Crippen LogP) is 1.31. The van der Waals surface area contributed by atoms with Gasteiger partial charge in [-0.15, -0.1) is 21.8 Å². The maximum absolute atomic E-state index is 6.03. The first kappa shape index (κ1) is 13.7. The van der Waals surface area contributed by atoms with Crippen LogP contribution in [0, 0.1) is 0 Å². The number of halogens is 1. The Balaban J connectivity index is 2.24. The molecule has 0 fully saturated rings. The Kier molecular flexibility index (Phi) is 3.46. The van der Waals surface area contributed by atoms with Crippen LogP contribution in [-0.2, 0) is 12.9 Å². The number of aryl methyl sites for hydroxylation is 1. The summed E-state index contributed by atoms with van der Waals surface area (Å²) in [7, 11) is 3.44. The standard InChI is InChI=1S/C12H14ClN7O/c1-7(10-18-16-6-19(10)2)20-8(4-13)17-9-11(20)14-5-15-12(9)21-3/h5-7H,4H2,1-3H3. The number of imidazole rings is 1. The van der Waals surface area contributed by atoms with Gasteiger partial charge in [0.2, 0.25) is 5.88 Å². The van der Waals surface area contributed by atoms with Gasteiger partial charge >= 0.3 is 0 Å². The lowest BCUT2D eigenvalue weighted by atomic mass is 10.3. The summed E-state index contributed by atoms with van der Waals surface area (Å²) in [5.74, 6) is 2.15. The van der Waals surface area contributed by atoms with Gasteiger partial charge in [0.1, 0.15) is 18.5 Å². The lowest BCUT2D eigenvalue weighted by Gasteiger charge is -2.15. The third kappa shape index (κ3) is 2.11. The third-order valence-corrected chi connectivity index (χ3v) is 3.58. The van der Waals surface area contributed by atoms with Gasteiger partial charge in [-0.2, -0.15) is 4.98 Å². The van der Waals surface area contributed by atoms with Gasteiger partial charge in [-0.1, -0.05) is 0 Å². The number of fused-ring (bicyclic) bond motifs is 1. The normalized spacial score (nSPS) is 12.8. The molecule has 0 radical (unpaired) electrons. The van der Waals surface area contributed by atoms with E-state index in [-0.39, 0.29) is 11.9 Å². The number of aromatic nitrogens is 7. The Morgan fingerprint density at radius 3 is 2.81 bits per heavy atom. The van der Waals surface area contributed by atoms with Crippen molar-refractivity contribution in [3.05, 3.63) is 24.3 Å². The predicted molar refractivity (Wildman–Crippen MR) is 76.2 cm³/mol. The quantitative estimate of drug-likeness (QED) is 0.676. The molecular formula is C12H14ClN7O. The lowest BCUT2D eigenvalue weighted by molar-refractivity contribution is 0.401. The maximum Gasteiger partial charge on any atom is 0.245 e. The van der Waals surface area contributed by atoms with E-state index in [1.807, 2.05) is 23.1 Å². The Labute approximate surface area is 125 Å². The molecule has 21 heavy (non-hydrogen) atoms. The van der Waals surface area contributed by atoms with Crippen LogP contribution in [0.25, 0.3) is 11.2 Å². The van der Waals surface area contributed by atoms with E-state index in [1.54, 1.807) is 13.4 Å². The number of ether oxygens (including phenoxy) is 1. The van der Waals surface area contributed by atoms with E-state index in [2.05, 4.69) is 25.1 Å². The highest BCUT2D eigenvalue weighted by atomic mass is 35.5. The first-order valence-electron chi connectivity index (χ1n) is 6.33. The fourth-order valence-corrected chi connectivity index (χ4v) is 2.56. The average molecular weight is 308 g/mol. The SMILES string of the molecule is COc1ncnc2c1nc(CCl)n2C(C)c1nncn1C. The van der Waals surface area contributed by atoms with Gasteiger partial charge in [-0.05, 0) is 6.92 Å². The van der Waals surface area contributed by atoms with Crippen molar-refractivity contribution < 1.29 is 4.74 Å². The van der Waals surface area contributed by atoms with E-state index in [4.69, 9.17) is 16.3 Å². The number of methoxy groups -OCH3 is 1. The largest absolute Gasteiger partial charge is 0.479 e. The van der Waals surface area contributed by atoms with E-state index in [1.165, 1.54) is 6.33 Å². The summed E-state index contributed by atoms with van der Waals surface area (Å²) in [5.41, 5.74) is 1.25. The molecule has 1 atom stereocenters. The average Bonchev–Trinajstić information content (AvgIpc) is 3.09. The van der Waals surface area contributed by atoms with Crippen LogP contribution in [-0.4, -0.2) is 41.4 Å². The fourth-order valence-electron chi connectivity index (χ4n) is 2.37. The number of alkyl halides is 1. The van der Waals surface area contributed by atoms with Crippen molar-refractivity contribution in [3.8, 4) is 5.88 Å². The molecule has 0 aliphatic rings. The Bertz CT molecular complexity index is 781. The first-order chi connectivity index (χ1) is 10.2. The second kappa shape index (κ2) is 5.28. The summed E-state index contributed by atoms with van der Waals surface area (Å²) in [6, 6.07) is -0.115. The molecule has 3 aromatic heterocycles. The van der Waals surface area contributed by atoms with Crippen molar-refractivity contribution in [1.29, 1.82) is 0 Å². The van der Waals surface area contributed by atoms with Crippen molar-refractivity contribution in [2.75, 3.05) is 7.11 Å². The summed E-state index contributed by atoms with van der Waals surface area (Å²) >= 11 is 6.03. The van der Waals surface area contributed by atoms with E-state index in [0.29, 0.717) is 22.9 Å². The molecule has 9 heteroatoms. The van der Waals surface area contributed by atoms with Gasteiger partial charge in [0.15, 0.2) is 17.0 Å². The molecule has 3 aromatic rings. The highest BCUT2D eigenvalue weighted by Gasteiger charge is 2.23. The second-order valence-electron chi connectivity index (χ2n) is 4.56. The van der Waals surface area contributed by atoms with Crippen LogP contribution >= 0.6 is 11.6 Å². The zero-order valence-corrected chi connectivity index (χ0v) is 12.6. The van der Waals surface area contributed by atoms with E-state index >= 15 is 0 Å². The Hall–Kier alpha value is -2.22. The molecule has 0 saturated heterocycles. The molecule has 0 aliphatic heterocycles. The van der Waals surface area contributed by atoms with Gasteiger partial charge < -0.3 is 13.9 Å². The lowest BCUT2D eigenvalue weighted by Crippen LogP contribution is -2.14. The molecule has 0 N–H and O–H groups in total. The summed E-state index contributed by atoms with van der Waals surface area (Å²) in [6.45, 7) is 2.00. The Morgan fingerprint density at radius 1 is 1.38 bits per heavy atom. The summed E-state index contributed by atoms with van der Waals surface area (Å²) < 4.78 is 9.01. The highest BCUT2D eigenvalue weighted by molar-refractivity contribution is 6.16. The minimum Gasteiger partial charge on any atom is -0.479 e. The minimum absolute atomic E-state index is 0.115. The van der Waals surface area contributed by atoms with Crippen LogP contribution < -0.4 is 4.74 Å². The molecule has 0 bridgehead atoms. The molecule has 0 aliphatic carbocycles. The van der Waals surface area contributed by atoms with Crippen molar-refractivity contribution >= 4 is 22.8 Å². The van der Waals surface area contributed by atoms with Crippen molar-refractivity contribution in [1.82, 2.24) is 34.3 Å². The smallest absolute Gasteiger partial charge is 0.245 e. The second-order valence-corrected chi connectivity index (χ2v) is 4.83. The molecular weight excluding hydrogens is 294 g/mol. The maximum atomic E-state index is 6.03. The molecule has 0 spiro atoms. The molecule has 110 valence electrons.